The van der Waals surface area contributed by atoms with Crippen molar-refractivity contribution >= 4 is 11.9 Å². The molecule has 0 aromatic carbocycles. The summed E-state index contributed by atoms with van der Waals surface area (Å²) >= 11 is 0. The minimum atomic E-state index is -0.805. The highest BCUT2D eigenvalue weighted by molar-refractivity contribution is 5.70. The Labute approximate surface area is 369 Å². The molecule has 5 heteroatoms. The molecule has 0 fully saturated rings. The molecule has 0 heterocycles. The van der Waals surface area contributed by atoms with Crippen LogP contribution in [0.4, 0.5) is 0 Å². The number of carbonyl (C=O) groups is 2. The summed E-state index contributed by atoms with van der Waals surface area (Å²) < 4.78 is 10.6. The maximum absolute atomic E-state index is 12.2. The van der Waals surface area contributed by atoms with Crippen LogP contribution in [0.5, 0.6) is 0 Å². The fourth-order valence-corrected chi connectivity index (χ4v) is 6.13. The molecule has 5 nitrogen and oxygen atoms in total. The van der Waals surface area contributed by atoms with E-state index in [9.17, 15) is 14.7 Å². The molecule has 1 unspecified atom stereocenters. The van der Waals surface area contributed by atoms with E-state index >= 15 is 0 Å². The van der Waals surface area contributed by atoms with E-state index in [4.69, 9.17) is 9.47 Å². The Bertz CT molecular complexity index is 1260. The van der Waals surface area contributed by atoms with Gasteiger partial charge in [-0.3, -0.25) is 9.59 Å². The zero-order valence-electron chi connectivity index (χ0n) is 38.4. The molecule has 0 aromatic rings. The highest BCUT2D eigenvalue weighted by atomic mass is 16.6. The SMILES string of the molecule is CC/C=C\C/C=C\C/C=C\C/C=C\C/C=C\C/C=C\C/C=C\CCCCCC(=O)OC(CO)COC(=O)CCCCCCCC/C=C\C/C=C\C/C=C\CCCCCCC. The van der Waals surface area contributed by atoms with E-state index in [-0.39, 0.29) is 25.2 Å². The molecule has 0 radical (unpaired) electrons. The van der Waals surface area contributed by atoms with Crippen molar-refractivity contribution in [3.8, 4) is 0 Å². The lowest BCUT2D eigenvalue weighted by molar-refractivity contribution is -0.161. The van der Waals surface area contributed by atoms with E-state index in [2.05, 4.69) is 135 Å². The van der Waals surface area contributed by atoms with Crippen molar-refractivity contribution in [1.29, 1.82) is 0 Å². The molecular weight excluding hydrogens is 741 g/mol. The van der Waals surface area contributed by atoms with E-state index in [0.29, 0.717) is 12.8 Å². The van der Waals surface area contributed by atoms with E-state index in [1.54, 1.807) is 0 Å². The molecule has 0 aliphatic heterocycles. The van der Waals surface area contributed by atoms with Gasteiger partial charge in [-0.15, -0.1) is 0 Å². The lowest BCUT2D eigenvalue weighted by Gasteiger charge is -2.15. The van der Waals surface area contributed by atoms with Crippen LogP contribution in [0.1, 0.15) is 194 Å². The van der Waals surface area contributed by atoms with Gasteiger partial charge in [-0.05, 0) is 109 Å². The molecule has 0 aromatic heterocycles. The topological polar surface area (TPSA) is 72.8 Å². The summed E-state index contributed by atoms with van der Waals surface area (Å²) in [4.78, 5) is 24.4. The van der Waals surface area contributed by atoms with Crippen molar-refractivity contribution in [2.45, 2.75) is 200 Å². The first-order chi connectivity index (χ1) is 29.6. The Morgan fingerprint density at radius 2 is 0.717 bits per heavy atom. The maximum Gasteiger partial charge on any atom is 0.306 e. The number of carbonyl (C=O) groups excluding carboxylic acids is 2. The normalized spacial score (nSPS) is 13.3. The molecule has 0 aliphatic rings. The molecule has 60 heavy (non-hydrogen) atoms. The minimum absolute atomic E-state index is 0.0950. The third-order valence-corrected chi connectivity index (χ3v) is 9.74. The van der Waals surface area contributed by atoms with Crippen molar-refractivity contribution in [2.24, 2.45) is 0 Å². The van der Waals surface area contributed by atoms with Crippen LogP contribution in [0.3, 0.4) is 0 Å². The largest absolute Gasteiger partial charge is 0.462 e. The predicted octanol–water partition coefficient (Wildman–Crippen LogP) is 16.0. The van der Waals surface area contributed by atoms with E-state index in [1.807, 2.05) is 0 Å². The van der Waals surface area contributed by atoms with Crippen molar-refractivity contribution in [3.63, 3.8) is 0 Å². The number of aliphatic hydroxyl groups is 1. The lowest BCUT2D eigenvalue weighted by atomic mass is 10.1. The first-order valence-corrected chi connectivity index (χ1v) is 24.1. The van der Waals surface area contributed by atoms with Gasteiger partial charge in [0.1, 0.15) is 6.61 Å². The third kappa shape index (κ3) is 47.0. The first kappa shape index (κ1) is 56.3. The van der Waals surface area contributed by atoms with Crippen LogP contribution >= 0.6 is 0 Å². The molecule has 0 amide bonds. The minimum Gasteiger partial charge on any atom is -0.462 e. The fraction of sp³-hybridized carbons (Fsp3) is 0.600. The second kappa shape index (κ2) is 49.7. The van der Waals surface area contributed by atoms with Crippen LogP contribution < -0.4 is 0 Å². The number of hydrogen-bond acceptors (Lipinski definition) is 5. The van der Waals surface area contributed by atoms with Crippen molar-refractivity contribution in [2.75, 3.05) is 13.2 Å². The third-order valence-electron chi connectivity index (χ3n) is 9.74. The molecule has 0 saturated carbocycles. The standard InChI is InChI=1S/C55H88O5/c1-3-5-7-9-11-13-15-17-19-21-23-25-26-27-28-30-32-34-36-38-40-42-44-46-48-50-55(58)60-53(51-56)52-59-54(57)49-47-45-43-41-39-37-35-33-31-29-24-22-20-18-16-14-12-10-8-6-4-2/h5,7,11,13,16-19,22-25,27-28,31-34,38,40,53,56H,3-4,6,8-10,12,14-15,20-21,26,29-30,35-37,39,41-52H2,1-2H3/b7-5-,13-11-,18-16-,19-17-,24-22-,25-23-,28-27-,33-31-,34-32-,40-38-. The van der Waals surface area contributed by atoms with Gasteiger partial charge in [-0.1, -0.05) is 193 Å². The molecule has 0 saturated heterocycles. The number of ether oxygens (including phenoxy) is 2. The first-order valence-electron chi connectivity index (χ1n) is 24.1. The van der Waals surface area contributed by atoms with E-state index in [0.717, 1.165) is 109 Å². The van der Waals surface area contributed by atoms with Crippen LogP contribution in [0.2, 0.25) is 0 Å². The maximum atomic E-state index is 12.2. The van der Waals surface area contributed by atoms with Gasteiger partial charge in [0.15, 0.2) is 6.10 Å². The molecule has 338 valence electrons. The Balaban J connectivity index is 3.69. The van der Waals surface area contributed by atoms with Gasteiger partial charge in [0.05, 0.1) is 6.61 Å². The summed E-state index contributed by atoms with van der Waals surface area (Å²) in [5.41, 5.74) is 0. The average Bonchev–Trinajstić information content (AvgIpc) is 3.25. The van der Waals surface area contributed by atoms with Gasteiger partial charge >= 0.3 is 11.9 Å². The van der Waals surface area contributed by atoms with Crippen LogP contribution in [-0.4, -0.2) is 36.4 Å². The summed E-state index contributed by atoms with van der Waals surface area (Å²) in [5, 5.41) is 9.61. The number of aliphatic hydroxyl groups excluding tert-OH is 1. The van der Waals surface area contributed by atoms with Crippen LogP contribution in [0.25, 0.3) is 0 Å². The van der Waals surface area contributed by atoms with Gasteiger partial charge in [0, 0.05) is 12.8 Å². The number of esters is 2. The van der Waals surface area contributed by atoms with Gasteiger partial charge < -0.3 is 14.6 Å². The highest BCUT2D eigenvalue weighted by Crippen LogP contribution is 2.11. The number of unbranched alkanes of at least 4 members (excludes halogenated alkanes) is 14. The number of allylic oxidation sites excluding steroid dienone is 20. The molecule has 0 aliphatic carbocycles. The summed E-state index contributed by atoms with van der Waals surface area (Å²) in [6.07, 6.45) is 72.7. The van der Waals surface area contributed by atoms with E-state index < -0.39 is 6.10 Å². The van der Waals surface area contributed by atoms with Crippen molar-refractivity contribution < 1.29 is 24.2 Å². The van der Waals surface area contributed by atoms with Crippen molar-refractivity contribution in [1.82, 2.24) is 0 Å². The molecule has 0 spiro atoms. The van der Waals surface area contributed by atoms with Crippen molar-refractivity contribution in [3.05, 3.63) is 122 Å². The number of hydrogen-bond donors (Lipinski definition) is 1. The Hall–Kier alpha value is -3.70. The predicted molar refractivity (Wildman–Crippen MR) is 260 cm³/mol. The molecule has 1 atom stereocenters. The summed E-state index contributed by atoms with van der Waals surface area (Å²) in [6.45, 7) is 3.96. The molecule has 0 rings (SSSR count). The molecular formula is C55H88O5. The van der Waals surface area contributed by atoms with Crippen LogP contribution in [0, 0.1) is 0 Å². The number of rotatable bonds is 42. The highest BCUT2D eigenvalue weighted by Gasteiger charge is 2.16. The fourth-order valence-electron chi connectivity index (χ4n) is 6.13. The lowest BCUT2D eigenvalue weighted by Crippen LogP contribution is -2.28. The van der Waals surface area contributed by atoms with E-state index in [1.165, 1.54) is 57.8 Å². The van der Waals surface area contributed by atoms with Gasteiger partial charge in [-0.2, -0.15) is 0 Å². The summed E-state index contributed by atoms with van der Waals surface area (Å²) in [6, 6.07) is 0. The Morgan fingerprint density at radius 1 is 0.400 bits per heavy atom. The quantitative estimate of drug-likeness (QED) is 0.0377. The second-order valence-electron chi connectivity index (χ2n) is 15.4. The van der Waals surface area contributed by atoms with Crippen LogP contribution in [-0.2, 0) is 19.1 Å². The van der Waals surface area contributed by atoms with Crippen LogP contribution in [0.15, 0.2) is 122 Å². The zero-order chi connectivity index (χ0) is 43.5. The smallest absolute Gasteiger partial charge is 0.306 e. The van der Waals surface area contributed by atoms with Gasteiger partial charge in [-0.25, -0.2) is 0 Å². The Morgan fingerprint density at radius 3 is 1.10 bits per heavy atom. The average molecular weight is 829 g/mol. The summed E-state index contributed by atoms with van der Waals surface area (Å²) in [5.74, 6) is -0.654. The molecule has 0 bridgehead atoms. The monoisotopic (exact) mass is 829 g/mol. The Kier molecular flexibility index (Phi) is 46.6. The second-order valence-corrected chi connectivity index (χ2v) is 15.4. The summed E-state index contributed by atoms with van der Waals surface area (Å²) in [7, 11) is 0. The van der Waals surface area contributed by atoms with Gasteiger partial charge in [0.25, 0.3) is 0 Å². The van der Waals surface area contributed by atoms with Gasteiger partial charge in [0.2, 0.25) is 0 Å². The molecule has 1 N–H and O–H groups in total. The zero-order valence-corrected chi connectivity index (χ0v) is 38.4.